The maximum atomic E-state index is 14.0. The molecule has 156 valence electrons. The third kappa shape index (κ3) is 5.45. The topological polar surface area (TPSA) is 47.9 Å². The van der Waals surface area contributed by atoms with E-state index in [1.807, 2.05) is 36.4 Å². The maximum Gasteiger partial charge on any atom is 0.363 e. The molecule has 4 nitrogen and oxygen atoms in total. The van der Waals surface area contributed by atoms with Crippen molar-refractivity contribution >= 4 is 85.7 Å². The summed E-state index contributed by atoms with van der Waals surface area (Å²) in [7, 11) is 0. The number of carbonyl (C=O) groups is 1. The summed E-state index contributed by atoms with van der Waals surface area (Å²) in [5.74, 6) is -0.348. The monoisotopic (exact) mass is 751 g/mol. The van der Waals surface area contributed by atoms with E-state index in [-0.39, 0.29) is 17.2 Å². The molecular formula is C23H13FI3NO3. The second-order valence-corrected chi connectivity index (χ2v) is 10.1. The van der Waals surface area contributed by atoms with Crippen molar-refractivity contribution in [2.24, 2.45) is 4.99 Å². The van der Waals surface area contributed by atoms with Crippen molar-refractivity contribution in [3.05, 3.63) is 99.6 Å². The summed E-state index contributed by atoms with van der Waals surface area (Å²) in [5, 5.41) is 0. The predicted octanol–water partition coefficient (Wildman–Crippen LogP) is 6.56. The molecule has 3 aromatic rings. The van der Waals surface area contributed by atoms with Crippen molar-refractivity contribution in [3.63, 3.8) is 0 Å². The number of cyclic esters (lactones) is 1. The van der Waals surface area contributed by atoms with Crippen molar-refractivity contribution in [2.75, 3.05) is 0 Å². The summed E-state index contributed by atoms with van der Waals surface area (Å²) < 4.78 is 28.2. The number of rotatable bonds is 5. The number of hydrogen-bond acceptors (Lipinski definition) is 4. The zero-order chi connectivity index (χ0) is 22.0. The van der Waals surface area contributed by atoms with E-state index in [9.17, 15) is 9.18 Å². The number of carbonyl (C=O) groups excluding carboxylic acids is 1. The highest BCUT2D eigenvalue weighted by Crippen LogP contribution is 2.31. The van der Waals surface area contributed by atoms with Gasteiger partial charge in [-0.2, -0.15) is 0 Å². The molecule has 0 atom stereocenters. The second kappa shape index (κ2) is 9.94. The highest BCUT2D eigenvalue weighted by Gasteiger charge is 2.26. The average molecular weight is 751 g/mol. The van der Waals surface area contributed by atoms with E-state index in [1.165, 1.54) is 15.7 Å². The smallest absolute Gasteiger partial charge is 0.363 e. The average Bonchev–Trinajstić information content (AvgIpc) is 3.09. The Bertz CT molecular complexity index is 1200. The molecule has 0 fully saturated rings. The van der Waals surface area contributed by atoms with Crippen LogP contribution in [0.1, 0.15) is 16.7 Å². The molecule has 0 aliphatic carbocycles. The lowest BCUT2D eigenvalue weighted by molar-refractivity contribution is -0.129. The Hall–Kier alpha value is -1.54. The maximum absolute atomic E-state index is 14.0. The summed E-state index contributed by atoms with van der Waals surface area (Å²) >= 11 is 6.68. The van der Waals surface area contributed by atoms with Gasteiger partial charge in [0.05, 0.1) is 12.7 Å². The van der Waals surface area contributed by atoms with Crippen LogP contribution in [0.25, 0.3) is 6.08 Å². The van der Waals surface area contributed by atoms with Crippen LogP contribution in [-0.2, 0) is 16.1 Å². The van der Waals surface area contributed by atoms with Gasteiger partial charge in [0, 0.05) is 3.57 Å². The molecule has 0 radical (unpaired) electrons. The predicted molar refractivity (Wildman–Crippen MR) is 142 cm³/mol. The Labute approximate surface area is 219 Å². The molecule has 0 aromatic heterocycles. The molecule has 0 saturated carbocycles. The Morgan fingerprint density at radius 3 is 2.35 bits per heavy atom. The Balaban J connectivity index is 1.56. The fourth-order valence-corrected chi connectivity index (χ4v) is 5.34. The lowest BCUT2D eigenvalue weighted by atomic mass is 10.2. The van der Waals surface area contributed by atoms with Crippen LogP contribution in [0.3, 0.4) is 0 Å². The van der Waals surface area contributed by atoms with Crippen LogP contribution in [0.5, 0.6) is 5.75 Å². The molecule has 0 spiro atoms. The highest BCUT2D eigenvalue weighted by atomic mass is 127. The summed E-state index contributed by atoms with van der Waals surface area (Å²) in [5.41, 5.74) is 2.14. The van der Waals surface area contributed by atoms with E-state index >= 15 is 0 Å². The Morgan fingerprint density at radius 2 is 1.68 bits per heavy atom. The third-order valence-corrected chi connectivity index (χ3v) is 6.67. The van der Waals surface area contributed by atoms with Gasteiger partial charge in [-0.3, -0.25) is 0 Å². The number of ether oxygens (including phenoxy) is 2. The van der Waals surface area contributed by atoms with Gasteiger partial charge >= 0.3 is 5.97 Å². The largest absolute Gasteiger partial charge is 0.487 e. The van der Waals surface area contributed by atoms with Crippen molar-refractivity contribution in [3.8, 4) is 5.75 Å². The normalized spacial score (nSPS) is 14.5. The second-order valence-electron chi connectivity index (χ2n) is 6.54. The molecule has 1 aliphatic heterocycles. The van der Waals surface area contributed by atoms with Gasteiger partial charge in [-0.1, -0.05) is 24.3 Å². The van der Waals surface area contributed by atoms with Crippen LogP contribution >= 0.6 is 67.8 Å². The van der Waals surface area contributed by atoms with Crippen molar-refractivity contribution in [2.45, 2.75) is 6.61 Å². The number of esters is 1. The molecule has 8 heteroatoms. The zero-order valence-electron chi connectivity index (χ0n) is 15.7. The SMILES string of the molecule is O=C1OC(c2ccccc2F)=N/C1=C\c1cc(I)c(OCc2ccc(I)cc2)c(I)c1. The van der Waals surface area contributed by atoms with Gasteiger partial charge in [-0.05, 0) is 121 Å². The van der Waals surface area contributed by atoms with Gasteiger partial charge in [-0.15, -0.1) is 0 Å². The van der Waals surface area contributed by atoms with Gasteiger partial charge < -0.3 is 9.47 Å². The first kappa shape index (κ1) is 22.6. The number of benzene rings is 3. The molecule has 3 aromatic carbocycles. The summed E-state index contributed by atoms with van der Waals surface area (Å²) in [4.78, 5) is 16.4. The van der Waals surface area contributed by atoms with Gasteiger partial charge in [0.2, 0.25) is 5.90 Å². The van der Waals surface area contributed by atoms with Gasteiger partial charge in [0.25, 0.3) is 0 Å². The molecular weight excluding hydrogens is 738 g/mol. The Morgan fingerprint density at radius 1 is 1.00 bits per heavy atom. The molecule has 0 amide bonds. The first-order valence-corrected chi connectivity index (χ1v) is 12.3. The van der Waals surface area contributed by atoms with Crippen LogP contribution in [0.15, 0.2) is 71.4 Å². The lowest BCUT2D eigenvalue weighted by Crippen LogP contribution is -2.07. The fourth-order valence-electron chi connectivity index (χ4n) is 2.85. The first-order chi connectivity index (χ1) is 14.9. The van der Waals surface area contributed by atoms with E-state index in [4.69, 9.17) is 9.47 Å². The molecule has 0 unspecified atom stereocenters. The minimum atomic E-state index is -0.609. The van der Waals surface area contributed by atoms with Crippen LogP contribution in [0.4, 0.5) is 4.39 Å². The molecule has 1 heterocycles. The van der Waals surface area contributed by atoms with E-state index < -0.39 is 11.8 Å². The van der Waals surface area contributed by atoms with E-state index in [0.29, 0.717) is 6.61 Å². The number of nitrogens with zero attached hydrogens (tertiary/aromatic N) is 1. The number of hydrogen-bond donors (Lipinski definition) is 0. The van der Waals surface area contributed by atoms with E-state index in [0.717, 1.165) is 24.0 Å². The van der Waals surface area contributed by atoms with Crippen LogP contribution in [0.2, 0.25) is 0 Å². The summed E-state index contributed by atoms with van der Waals surface area (Å²) in [6.45, 7) is 0.464. The molecule has 1 aliphatic rings. The molecule has 31 heavy (non-hydrogen) atoms. The van der Waals surface area contributed by atoms with E-state index in [2.05, 4.69) is 72.8 Å². The zero-order valence-corrected chi connectivity index (χ0v) is 22.2. The van der Waals surface area contributed by atoms with Crippen LogP contribution in [0, 0.1) is 16.5 Å². The van der Waals surface area contributed by atoms with Gasteiger partial charge in [0.15, 0.2) is 5.70 Å². The van der Waals surface area contributed by atoms with Crippen molar-refractivity contribution in [1.29, 1.82) is 0 Å². The number of halogens is 4. The standard InChI is InChI=1S/C23H13FI3NO3/c24-17-4-2-1-3-16(17)22-28-20(23(29)31-22)11-14-9-18(26)21(19(27)10-14)30-12-13-5-7-15(25)8-6-13/h1-11H,12H2/b20-11-. The highest BCUT2D eigenvalue weighted by molar-refractivity contribution is 14.1. The van der Waals surface area contributed by atoms with Crippen LogP contribution in [-0.4, -0.2) is 11.9 Å². The minimum absolute atomic E-state index is 0.0313. The summed E-state index contributed by atoms with van der Waals surface area (Å²) in [6.07, 6.45) is 1.63. The molecule has 0 bridgehead atoms. The molecule has 0 saturated heterocycles. The van der Waals surface area contributed by atoms with E-state index in [1.54, 1.807) is 18.2 Å². The van der Waals surface area contributed by atoms with Gasteiger partial charge in [0.1, 0.15) is 18.2 Å². The summed E-state index contributed by atoms with van der Waals surface area (Å²) in [6, 6.07) is 18.0. The molecule has 0 N–H and O–H groups in total. The Kier molecular flexibility index (Phi) is 7.26. The quantitative estimate of drug-likeness (QED) is 0.169. The fraction of sp³-hybridized carbons (Fsp3) is 0.0435. The van der Waals surface area contributed by atoms with Crippen molar-refractivity contribution in [1.82, 2.24) is 0 Å². The third-order valence-electron chi connectivity index (χ3n) is 4.35. The van der Waals surface area contributed by atoms with Crippen molar-refractivity contribution < 1.29 is 18.7 Å². The molecule has 4 rings (SSSR count). The number of aliphatic imine (C=N–C) groups is 1. The van der Waals surface area contributed by atoms with Gasteiger partial charge in [-0.25, -0.2) is 14.2 Å². The van der Waals surface area contributed by atoms with Crippen LogP contribution < -0.4 is 4.74 Å². The first-order valence-electron chi connectivity index (χ1n) is 9.04. The lowest BCUT2D eigenvalue weighted by Gasteiger charge is -2.11. The minimum Gasteiger partial charge on any atom is -0.487 e.